The quantitative estimate of drug-likeness (QED) is 0.170. The van der Waals surface area contributed by atoms with E-state index in [9.17, 15) is 0 Å². The van der Waals surface area contributed by atoms with Crippen LogP contribution in [-0.4, -0.2) is 19.5 Å². The molecule has 0 N–H and O–H groups in total. The lowest BCUT2D eigenvalue weighted by Crippen LogP contribution is -2.14. The highest BCUT2D eigenvalue weighted by Crippen LogP contribution is 2.52. The maximum Gasteiger partial charge on any atom is 0.166 e. The molecule has 0 unspecified atom stereocenters. The highest BCUT2D eigenvalue weighted by molar-refractivity contribution is 6.14. The minimum absolute atomic E-state index is 0.0732. The maximum atomic E-state index is 5.26. The SMILES string of the molecule is CC1(C)c2ccccc2-c2c(-c3ccc4c(c3)c3cccc(-c5nc(-c6ccccc6)nc(-c6ccc(-c7ccccc7)cc6)n5)c3n4-c3ccccc3)cccc21. The Hall–Kier alpha value is -7.43. The van der Waals surface area contributed by atoms with E-state index in [0.29, 0.717) is 17.5 Å². The van der Waals surface area contributed by atoms with Gasteiger partial charge in [0.25, 0.3) is 0 Å². The van der Waals surface area contributed by atoms with Gasteiger partial charge >= 0.3 is 0 Å². The van der Waals surface area contributed by atoms with Crippen LogP contribution >= 0.6 is 0 Å². The van der Waals surface area contributed by atoms with E-state index in [1.807, 2.05) is 24.3 Å². The maximum absolute atomic E-state index is 5.26. The number of fused-ring (bicyclic) bond motifs is 6. The van der Waals surface area contributed by atoms with Crippen molar-refractivity contribution in [2.24, 2.45) is 0 Å². The molecule has 11 rings (SSSR count). The fourth-order valence-electron chi connectivity index (χ4n) is 9.04. The van der Waals surface area contributed by atoms with E-state index in [-0.39, 0.29) is 5.41 Å². The van der Waals surface area contributed by atoms with Gasteiger partial charge in [-0.25, -0.2) is 15.0 Å². The molecular formula is C54H38N4. The van der Waals surface area contributed by atoms with Gasteiger partial charge in [0.2, 0.25) is 0 Å². The second-order valence-electron chi connectivity index (χ2n) is 15.6. The third-order valence-electron chi connectivity index (χ3n) is 11.9. The molecule has 1 aliphatic carbocycles. The number of aromatic nitrogens is 4. The molecule has 0 saturated heterocycles. The fourth-order valence-corrected chi connectivity index (χ4v) is 9.04. The molecule has 0 bridgehead atoms. The van der Waals surface area contributed by atoms with Gasteiger partial charge in [0, 0.05) is 38.6 Å². The normalized spacial score (nSPS) is 12.8. The highest BCUT2D eigenvalue weighted by atomic mass is 15.0. The van der Waals surface area contributed by atoms with Gasteiger partial charge in [-0.1, -0.05) is 178 Å². The van der Waals surface area contributed by atoms with Gasteiger partial charge in [0.05, 0.1) is 11.0 Å². The summed E-state index contributed by atoms with van der Waals surface area (Å²) in [7, 11) is 0. The van der Waals surface area contributed by atoms with Crippen LogP contribution in [0.15, 0.2) is 194 Å². The summed E-state index contributed by atoms with van der Waals surface area (Å²) in [6, 6.07) is 68.9. The Kier molecular flexibility index (Phi) is 7.80. The lowest BCUT2D eigenvalue weighted by molar-refractivity contribution is 0.660. The minimum Gasteiger partial charge on any atom is -0.308 e. The third kappa shape index (κ3) is 5.41. The van der Waals surface area contributed by atoms with Crippen molar-refractivity contribution in [2.75, 3.05) is 0 Å². The van der Waals surface area contributed by atoms with Gasteiger partial charge in [0.15, 0.2) is 17.5 Å². The number of benzene rings is 8. The smallest absolute Gasteiger partial charge is 0.166 e. The molecule has 0 amide bonds. The van der Waals surface area contributed by atoms with E-state index < -0.39 is 0 Å². The van der Waals surface area contributed by atoms with Crippen LogP contribution in [0.1, 0.15) is 25.0 Å². The summed E-state index contributed by atoms with van der Waals surface area (Å²) in [6.07, 6.45) is 0. The second-order valence-corrected chi connectivity index (χ2v) is 15.6. The first-order valence-corrected chi connectivity index (χ1v) is 19.9. The third-order valence-corrected chi connectivity index (χ3v) is 11.9. The van der Waals surface area contributed by atoms with E-state index in [2.05, 4.69) is 188 Å². The van der Waals surface area contributed by atoms with Crippen LogP contribution in [0.4, 0.5) is 0 Å². The van der Waals surface area contributed by atoms with E-state index in [1.54, 1.807) is 0 Å². The van der Waals surface area contributed by atoms with E-state index in [1.165, 1.54) is 44.3 Å². The summed E-state index contributed by atoms with van der Waals surface area (Å²) in [5.74, 6) is 1.89. The molecule has 8 aromatic carbocycles. The predicted molar refractivity (Wildman–Crippen MR) is 239 cm³/mol. The molecule has 0 fully saturated rings. The summed E-state index contributed by atoms with van der Waals surface area (Å²) in [6.45, 7) is 4.68. The van der Waals surface area contributed by atoms with Gasteiger partial charge in [-0.15, -0.1) is 0 Å². The number of hydrogen-bond acceptors (Lipinski definition) is 3. The van der Waals surface area contributed by atoms with Crippen molar-refractivity contribution in [3.8, 4) is 73.2 Å². The number of para-hydroxylation sites is 2. The van der Waals surface area contributed by atoms with Gasteiger partial charge in [0.1, 0.15) is 0 Å². The Morgan fingerprint density at radius 2 is 0.897 bits per heavy atom. The fraction of sp³-hybridized carbons (Fsp3) is 0.0556. The van der Waals surface area contributed by atoms with Crippen molar-refractivity contribution in [1.29, 1.82) is 0 Å². The van der Waals surface area contributed by atoms with Gasteiger partial charge < -0.3 is 4.57 Å². The lowest BCUT2D eigenvalue weighted by atomic mass is 9.82. The molecule has 0 spiro atoms. The minimum atomic E-state index is -0.0732. The topological polar surface area (TPSA) is 43.6 Å². The predicted octanol–water partition coefficient (Wildman–Crippen LogP) is 13.6. The number of hydrogen-bond donors (Lipinski definition) is 0. The monoisotopic (exact) mass is 742 g/mol. The molecule has 2 heterocycles. The average molecular weight is 743 g/mol. The molecule has 4 heteroatoms. The molecule has 58 heavy (non-hydrogen) atoms. The van der Waals surface area contributed by atoms with E-state index in [4.69, 9.17) is 15.0 Å². The Morgan fingerprint density at radius 3 is 1.64 bits per heavy atom. The first-order chi connectivity index (χ1) is 28.5. The summed E-state index contributed by atoms with van der Waals surface area (Å²) in [5.41, 5.74) is 16.2. The van der Waals surface area contributed by atoms with Crippen LogP contribution in [0.25, 0.3) is 95.0 Å². The summed E-state index contributed by atoms with van der Waals surface area (Å²) in [4.78, 5) is 15.6. The van der Waals surface area contributed by atoms with Crippen LogP contribution in [0.2, 0.25) is 0 Å². The standard InChI is InChI=1S/C54H38N4/c1-54(2)46-26-13-12-22-43(46)49-41(23-15-27-47(49)54)39-32-33-48-45(34-39)42-24-14-25-44(50(42)58(48)40-20-10-5-11-21-40)53-56-51(37-18-8-4-9-19-37)55-52(57-53)38-30-28-36(29-31-38)35-16-6-3-7-17-35/h3-34H,1-2H3. The summed E-state index contributed by atoms with van der Waals surface area (Å²) in [5, 5.41) is 2.32. The molecule has 0 atom stereocenters. The molecule has 0 saturated carbocycles. The zero-order valence-corrected chi connectivity index (χ0v) is 32.3. The largest absolute Gasteiger partial charge is 0.308 e. The lowest BCUT2D eigenvalue weighted by Gasteiger charge is -2.21. The molecule has 274 valence electrons. The first kappa shape index (κ1) is 33.9. The van der Waals surface area contributed by atoms with Crippen molar-refractivity contribution in [1.82, 2.24) is 19.5 Å². The Labute approximate surface area is 337 Å². The summed E-state index contributed by atoms with van der Waals surface area (Å²) < 4.78 is 2.37. The van der Waals surface area contributed by atoms with Crippen molar-refractivity contribution in [3.05, 3.63) is 205 Å². The molecule has 0 aliphatic heterocycles. The molecule has 4 nitrogen and oxygen atoms in total. The molecule has 10 aromatic rings. The Bertz CT molecular complexity index is 3160. The highest BCUT2D eigenvalue weighted by Gasteiger charge is 2.36. The van der Waals surface area contributed by atoms with Crippen molar-refractivity contribution >= 4 is 21.8 Å². The Balaban J connectivity index is 1.14. The van der Waals surface area contributed by atoms with Crippen LogP contribution in [0.5, 0.6) is 0 Å². The van der Waals surface area contributed by atoms with Gasteiger partial charge in [-0.3, -0.25) is 0 Å². The van der Waals surface area contributed by atoms with Crippen LogP contribution in [0, 0.1) is 0 Å². The van der Waals surface area contributed by atoms with Crippen molar-refractivity contribution in [2.45, 2.75) is 19.3 Å². The molecular weight excluding hydrogens is 705 g/mol. The second kappa shape index (κ2) is 13.4. The zero-order chi connectivity index (χ0) is 38.8. The molecule has 1 aliphatic rings. The summed E-state index contributed by atoms with van der Waals surface area (Å²) >= 11 is 0. The number of rotatable bonds is 6. The van der Waals surface area contributed by atoms with Crippen LogP contribution < -0.4 is 0 Å². The van der Waals surface area contributed by atoms with Gasteiger partial charge in [-0.2, -0.15) is 0 Å². The molecule has 2 aromatic heterocycles. The van der Waals surface area contributed by atoms with Gasteiger partial charge in [-0.05, 0) is 74.8 Å². The number of nitrogens with zero attached hydrogens (tertiary/aromatic N) is 4. The first-order valence-electron chi connectivity index (χ1n) is 19.9. The van der Waals surface area contributed by atoms with E-state index in [0.717, 1.165) is 44.4 Å². The van der Waals surface area contributed by atoms with Crippen LogP contribution in [0.3, 0.4) is 0 Å². The van der Waals surface area contributed by atoms with E-state index >= 15 is 0 Å². The zero-order valence-electron chi connectivity index (χ0n) is 32.3. The van der Waals surface area contributed by atoms with Crippen molar-refractivity contribution < 1.29 is 0 Å². The molecule has 0 radical (unpaired) electrons. The average Bonchev–Trinajstić information content (AvgIpc) is 3.75. The Morgan fingerprint density at radius 1 is 0.379 bits per heavy atom. The van der Waals surface area contributed by atoms with Crippen molar-refractivity contribution in [3.63, 3.8) is 0 Å². The van der Waals surface area contributed by atoms with Crippen LogP contribution in [-0.2, 0) is 5.41 Å².